The molecule has 0 aromatic rings. The van der Waals surface area contributed by atoms with E-state index in [2.05, 4.69) is 43.5 Å². The topological polar surface area (TPSA) is 95.9 Å². The van der Waals surface area contributed by atoms with Crippen LogP contribution >= 0.6 is 0 Å². The second kappa shape index (κ2) is 45.8. The zero-order valence-electron chi connectivity index (χ0n) is 37.1. The van der Waals surface area contributed by atoms with Gasteiger partial charge >= 0.3 is 5.97 Å². The van der Waals surface area contributed by atoms with Gasteiger partial charge in [0.25, 0.3) is 0 Å². The summed E-state index contributed by atoms with van der Waals surface area (Å²) in [5.41, 5.74) is 0. The molecule has 56 heavy (non-hydrogen) atoms. The molecule has 0 aliphatic carbocycles. The molecule has 0 spiro atoms. The van der Waals surface area contributed by atoms with Crippen molar-refractivity contribution in [1.82, 2.24) is 5.32 Å². The third-order valence-electron chi connectivity index (χ3n) is 10.9. The number of ether oxygens (including phenoxy) is 1. The number of allylic oxidation sites excluding steroid dienone is 5. The summed E-state index contributed by atoms with van der Waals surface area (Å²) in [6.07, 6.45) is 54.1. The van der Waals surface area contributed by atoms with Gasteiger partial charge in [-0.2, -0.15) is 0 Å². The number of carbonyl (C=O) groups is 2. The first-order valence-electron chi connectivity index (χ1n) is 24.3. The molecule has 3 N–H and O–H groups in total. The molecule has 6 nitrogen and oxygen atoms in total. The Balaban J connectivity index is 3.51. The summed E-state index contributed by atoms with van der Waals surface area (Å²) >= 11 is 0. The molecule has 328 valence electrons. The summed E-state index contributed by atoms with van der Waals surface area (Å²) in [6.45, 7) is 4.81. The smallest absolute Gasteiger partial charge is 0.305 e. The number of carbonyl (C=O) groups excluding carboxylic acids is 2. The lowest BCUT2D eigenvalue weighted by atomic mass is 10.0. The maximum absolute atomic E-state index is 12.4. The Morgan fingerprint density at radius 1 is 0.500 bits per heavy atom. The number of unbranched alkanes of at least 4 members (excludes halogenated alkanes) is 29. The lowest BCUT2D eigenvalue weighted by molar-refractivity contribution is -0.143. The molecule has 0 aromatic carbocycles. The van der Waals surface area contributed by atoms with Gasteiger partial charge in [-0.25, -0.2) is 0 Å². The Morgan fingerprint density at radius 2 is 0.893 bits per heavy atom. The van der Waals surface area contributed by atoms with E-state index in [1.165, 1.54) is 148 Å². The van der Waals surface area contributed by atoms with E-state index < -0.39 is 12.1 Å². The Labute approximate surface area is 347 Å². The normalized spacial score (nSPS) is 13.0. The highest BCUT2D eigenvalue weighted by atomic mass is 16.5. The van der Waals surface area contributed by atoms with Crippen molar-refractivity contribution in [1.29, 1.82) is 0 Å². The van der Waals surface area contributed by atoms with E-state index >= 15 is 0 Å². The average Bonchev–Trinajstić information content (AvgIpc) is 3.20. The van der Waals surface area contributed by atoms with Gasteiger partial charge in [0.1, 0.15) is 0 Å². The Kier molecular flexibility index (Phi) is 44.2. The minimum atomic E-state index is -0.856. The van der Waals surface area contributed by atoms with Crippen molar-refractivity contribution in [2.75, 3.05) is 13.2 Å². The minimum Gasteiger partial charge on any atom is -0.466 e. The molecule has 6 heteroatoms. The first-order chi connectivity index (χ1) is 27.5. The van der Waals surface area contributed by atoms with Gasteiger partial charge in [0.2, 0.25) is 5.91 Å². The maximum Gasteiger partial charge on any atom is 0.305 e. The van der Waals surface area contributed by atoms with E-state index in [0.717, 1.165) is 70.6 Å². The molecule has 1 amide bonds. The number of amides is 1. The maximum atomic E-state index is 12.4. The molecule has 0 fully saturated rings. The second-order valence-corrected chi connectivity index (χ2v) is 16.4. The van der Waals surface area contributed by atoms with Crippen molar-refractivity contribution in [3.05, 3.63) is 36.5 Å². The van der Waals surface area contributed by atoms with Gasteiger partial charge in [-0.05, 0) is 64.2 Å². The zero-order chi connectivity index (χ0) is 40.8. The second-order valence-electron chi connectivity index (χ2n) is 16.4. The van der Waals surface area contributed by atoms with Crippen molar-refractivity contribution in [2.45, 2.75) is 257 Å². The van der Waals surface area contributed by atoms with Crippen LogP contribution in [0.3, 0.4) is 0 Å². The number of nitrogens with one attached hydrogen (secondary N) is 1. The number of esters is 1. The molecule has 0 aromatic heterocycles. The van der Waals surface area contributed by atoms with E-state index in [-0.39, 0.29) is 18.5 Å². The predicted octanol–water partition coefficient (Wildman–Crippen LogP) is 14.1. The van der Waals surface area contributed by atoms with Crippen LogP contribution in [0.4, 0.5) is 0 Å². The highest BCUT2D eigenvalue weighted by molar-refractivity contribution is 5.76. The van der Waals surface area contributed by atoms with Gasteiger partial charge in [0.15, 0.2) is 0 Å². The highest BCUT2D eigenvalue weighted by Gasteiger charge is 2.18. The molecular formula is C50H93NO5. The lowest BCUT2D eigenvalue weighted by Gasteiger charge is -2.20. The highest BCUT2D eigenvalue weighted by Crippen LogP contribution is 2.14. The third-order valence-corrected chi connectivity index (χ3v) is 10.9. The van der Waals surface area contributed by atoms with Gasteiger partial charge in [0, 0.05) is 12.8 Å². The summed E-state index contributed by atoms with van der Waals surface area (Å²) in [6, 6.07) is -0.642. The van der Waals surface area contributed by atoms with Gasteiger partial charge in [-0.1, -0.05) is 204 Å². The third kappa shape index (κ3) is 41.7. The summed E-state index contributed by atoms with van der Waals surface area (Å²) < 4.78 is 5.45. The van der Waals surface area contributed by atoms with Gasteiger partial charge in [-0.3, -0.25) is 9.59 Å². The summed E-state index contributed by atoms with van der Waals surface area (Å²) in [5.74, 6) is -0.120. The number of aliphatic hydroxyl groups is 2. The van der Waals surface area contributed by atoms with E-state index in [1.54, 1.807) is 6.08 Å². The lowest BCUT2D eigenvalue weighted by Crippen LogP contribution is -2.45. The van der Waals surface area contributed by atoms with Gasteiger partial charge in [-0.15, -0.1) is 0 Å². The van der Waals surface area contributed by atoms with Crippen LogP contribution in [0, 0.1) is 0 Å². The first-order valence-corrected chi connectivity index (χ1v) is 24.3. The first kappa shape index (κ1) is 54.1. The monoisotopic (exact) mass is 788 g/mol. The quantitative estimate of drug-likeness (QED) is 0.0325. The molecule has 0 radical (unpaired) electrons. The average molecular weight is 788 g/mol. The fourth-order valence-electron chi connectivity index (χ4n) is 7.13. The van der Waals surface area contributed by atoms with E-state index in [4.69, 9.17) is 4.74 Å². The van der Waals surface area contributed by atoms with Gasteiger partial charge in [0.05, 0.1) is 25.4 Å². The van der Waals surface area contributed by atoms with Crippen molar-refractivity contribution < 1.29 is 24.5 Å². The van der Waals surface area contributed by atoms with Crippen LogP contribution in [0.1, 0.15) is 245 Å². The fourth-order valence-corrected chi connectivity index (χ4v) is 7.13. The van der Waals surface area contributed by atoms with E-state index in [0.29, 0.717) is 19.4 Å². The molecule has 0 rings (SSSR count). The summed E-state index contributed by atoms with van der Waals surface area (Å²) in [5, 5.41) is 23.0. The SMILES string of the molecule is CCCCCC/C=C\C/C=C\CCCCCCCC(=O)OCCCCCCCCCCCCCC(=O)NC(CO)C(O)/C=C/CCCCCCCCCCCC. The number of hydrogen-bond acceptors (Lipinski definition) is 5. The molecule has 2 unspecified atom stereocenters. The fraction of sp³-hybridized carbons (Fsp3) is 0.840. The molecule has 0 bridgehead atoms. The van der Waals surface area contributed by atoms with Gasteiger partial charge < -0.3 is 20.3 Å². The van der Waals surface area contributed by atoms with Crippen molar-refractivity contribution in [2.24, 2.45) is 0 Å². The molecule has 0 aliphatic rings. The molecule has 0 heterocycles. The van der Waals surface area contributed by atoms with Crippen LogP contribution in [-0.2, 0) is 14.3 Å². The van der Waals surface area contributed by atoms with Crippen molar-refractivity contribution >= 4 is 11.9 Å². The summed E-state index contributed by atoms with van der Waals surface area (Å²) in [4.78, 5) is 24.4. The number of hydrogen-bond donors (Lipinski definition) is 3. The largest absolute Gasteiger partial charge is 0.466 e. The Morgan fingerprint density at radius 3 is 1.38 bits per heavy atom. The Bertz CT molecular complexity index is 915. The van der Waals surface area contributed by atoms with Crippen LogP contribution in [0.15, 0.2) is 36.5 Å². The van der Waals surface area contributed by atoms with Crippen molar-refractivity contribution in [3.63, 3.8) is 0 Å². The van der Waals surface area contributed by atoms with Crippen LogP contribution in [0.25, 0.3) is 0 Å². The molecular weight excluding hydrogens is 695 g/mol. The molecule has 2 atom stereocenters. The number of rotatable bonds is 44. The van der Waals surface area contributed by atoms with E-state index in [1.807, 2.05) is 6.08 Å². The summed E-state index contributed by atoms with van der Waals surface area (Å²) in [7, 11) is 0. The van der Waals surface area contributed by atoms with Crippen LogP contribution in [0.5, 0.6) is 0 Å². The number of aliphatic hydroxyl groups excluding tert-OH is 2. The molecule has 0 saturated heterocycles. The zero-order valence-corrected chi connectivity index (χ0v) is 37.1. The minimum absolute atomic E-state index is 0.0298. The molecule has 0 aliphatic heterocycles. The van der Waals surface area contributed by atoms with Crippen LogP contribution in [-0.4, -0.2) is 47.4 Å². The Hall–Kier alpha value is -1.92. The van der Waals surface area contributed by atoms with E-state index in [9.17, 15) is 19.8 Å². The predicted molar refractivity (Wildman–Crippen MR) is 241 cm³/mol. The van der Waals surface area contributed by atoms with Crippen molar-refractivity contribution in [3.8, 4) is 0 Å². The van der Waals surface area contributed by atoms with Crippen LogP contribution < -0.4 is 5.32 Å². The standard InChI is InChI=1S/C50H93NO5/c1-3-5-7-9-11-13-15-17-18-19-20-24-28-32-36-40-44-50(55)56-45-41-37-33-29-25-21-23-27-31-35-39-43-49(54)51-47(46-52)48(53)42-38-34-30-26-22-16-14-12-10-8-6-4-2/h13,15,18-19,38,42,47-48,52-53H,3-12,14,16-17,20-37,39-41,43-46H2,1-2H3,(H,51,54)/b15-13-,19-18-,42-38+. The molecule has 0 saturated carbocycles. The van der Waals surface area contributed by atoms with Crippen LogP contribution in [0.2, 0.25) is 0 Å².